The molecule has 0 fully saturated rings. The van der Waals surface area contributed by atoms with E-state index in [-0.39, 0.29) is 17.0 Å². The van der Waals surface area contributed by atoms with E-state index in [1.165, 1.54) is 0 Å². The van der Waals surface area contributed by atoms with Crippen molar-refractivity contribution in [2.24, 2.45) is 5.10 Å². The van der Waals surface area contributed by atoms with E-state index in [2.05, 4.69) is 10.2 Å². The lowest BCUT2D eigenvalue weighted by molar-refractivity contribution is 0.414. The molecule has 0 aliphatic carbocycles. The topological polar surface area (TPSA) is 61.5 Å². The van der Waals surface area contributed by atoms with Gasteiger partial charge in [-0.15, -0.1) is 27.2 Å². The summed E-state index contributed by atoms with van der Waals surface area (Å²) in [5.74, 6) is 3.07. The zero-order chi connectivity index (χ0) is 17.2. The van der Waals surface area contributed by atoms with Gasteiger partial charge in [-0.3, -0.25) is 0 Å². The summed E-state index contributed by atoms with van der Waals surface area (Å²) in [6, 6.07) is 15.6. The Kier molecular flexibility index (Phi) is 5.63. The summed E-state index contributed by atoms with van der Waals surface area (Å²) in [5.41, 5.74) is 2.94. The zero-order valence-electron chi connectivity index (χ0n) is 14.2. The zero-order valence-corrected chi connectivity index (χ0v) is 16.8. The first-order valence-corrected chi connectivity index (χ1v) is 8.72. The molecule has 0 radical (unpaired) electrons. The van der Waals surface area contributed by atoms with Crippen LogP contribution in [0.1, 0.15) is 5.56 Å². The fourth-order valence-electron chi connectivity index (χ4n) is 2.59. The van der Waals surface area contributed by atoms with Crippen molar-refractivity contribution in [3.05, 3.63) is 54.1 Å². The molecule has 0 amide bonds. The van der Waals surface area contributed by atoms with Gasteiger partial charge in [0.25, 0.3) is 0 Å². The van der Waals surface area contributed by atoms with Gasteiger partial charge in [-0.05, 0) is 36.4 Å². The largest absolute Gasteiger partial charge is 0.497 e. The molecule has 1 aliphatic heterocycles. The molecule has 3 aromatic rings. The van der Waals surface area contributed by atoms with Crippen LogP contribution in [0.25, 0.3) is 11.4 Å². The quantitative estimate of drug-likeness (QED) is 0.625. The van der Waals surface area contributed by atoms with Crippen molar-refractivity contribution in [1.29, 1.82) is 0 Å². The van der Waals surface area contributed by atoms with Crippen molar-refractivity contribution in [2.75, 3.05) is 20.0 Å². The number of rotatable bonds is 4. The maximum Gasteiger partial charge on any atom is 0.212 e. The molecule has 0 atom stereocenters. The van der Waals surface area contributed by atoms with Crippen LogP contribution in [0.2, 0.25) is 0 Å². The van der Waals surface area contributed by atoms with Gasteiger partial charge in [0.05, 0.1) is 19.9 Å². The lowest BCUT2D eigenvalue weighted by Gasteiger charge is -2.14. The molecular formula is C18H17BrN4O2S. The Morgan fingerprint density at radius 3 is 2.42 bits per heavy atom. The van der Waals surface area contributed by atoms with Gasteiger partial charge in [-0.1, -0.05) is 23.9 Å². The highest BCUT2D eigenvalue weighted by atomic mass is 79.9. The van der Waals surface area contributed by atoms with Crippen LogP contribution < -0.4 is 9.47 Å². The fraction of sp³-hybridized carbons (Fsp3) is 0.167. The van der Waals surface area contributed by atoms with Gasteiger partial charge in [0.2, 0.25) is 5.16 Å². The summed E-state index contributed by atoms with van der Waals surface area (Å²) < 4.78 is 12.3. The summed E-state index contributed by atoms with van der Waals surface area (Å²) in [7, 11) is 3.31. The van der Waals surface area contributed by atoms with E-state index in [0.29, 0.717) is 5.82 Å². The molecule has 1 aliphatic rings. The van der Waals surface area contributed by atoms with E-state index in [0.717, 1.165) is 39.2 Å². The van der Waals surface area contributed by atoms with Gasteiger partial charge >= 0.3 is 0 Å². The van der Waals surface area contributed by atoms with Crippen LogP contribution in [0.4, 0.5) is 0 Å². The van der Waals surface area contributed by atoms with Gasteiger partial charge in [0.1, 0.15) is 11.5 Å². The number of nitrogens with zero attached hydrogens (tertiary/aromatic N) is 4. The number of thioether (sulfide) groups is 1. The van der Waals surface area contributed by atoms with Crippen molar-refractivity contribution in [3.8, 4) is 22.9 Å². The molecule has 134 valence electrons. The third-order valence-corrected chi connectivity index (χ3v) is 4.85. The van der Waals surface area contributed by atoms with Crippen LogP contribution in [0.3, 0.4) is 0 Å². The van der Waals surface area contributed by atoms with Crippen molar-refractivity contribution >= 4 is 34.5 Å². The minimum absolute atomic E-state index is 0. The third-order valence-electron chi connectivity index (χ3n) is 3.92. The summed E-state index contributed by atoms with van der Waals surface area (Å²) in [6.45, 7) is 0. The summed E-state index contributed by atoms with van der Waals surface area (Å²) in [6.07, 6.45) is 0. The molecule has 2 heterocycles. The second-order valence-corrected chi connectivity index (χ2v) is 6.36. The standard InChI is InChI=1S/C18H16N4O2S.BrH/c1-23-14-8-6-12(7-9-14)17-19-20-18-22(17)21-16(11-25-18)13-4-3-5-15(10-13)24-2;/h3-10H,11H2,1-2H3;1H. The molecule has 2 aromatic carbocycles. The van der Waals surface area contributed by atoms with E-state index in [1.807, 2.05) is 48.5 Å². The smallest absolute Gasteiger partial charge is 0.212 e. The van der Waals surface area contributed by atoms with Crippen LogP contribution in [-0.2, 0) is 0 Å². The average molecular weight is 433 g/mol. The number of methoxy groups -OCH3 is 2. The highest BCUT2D eigenvalue weighted by Crippen LogP contribution is 2.29. The lowest BCUT2D eigenvalue weighted by atomic mass is 10.1. The number of fused-ring (bicyclic) bond motifs is 1. The van der Waals surface area contributed by atoms with Crippen molar-refractivity contribution in [2.45, 2.75) is 5.16 Å². The number of benzene rings is 2. The summed E-state index contributed by atoms with van der Waals surface area (Å²) in [4.78, 5) is 0. The lowest BCUT2D eigenvalue weighted by Crippen LogP contribution is -2.13. The minimum atomic E-state index is 0. The monoisotopic (exact) mass is 432 g/mol. The fourth-order valence-corrected chi connectivity index (χ4v) is 3.43. The first-order chi connectivity index (χ1) is 12.3. The van der Waals surface area contributed by atoms with E-state index >= 15 is 0 Å². The predicted octanol–water partition coefficient (Wildman–Crippen LogP) is 3.90. The SMILES string of the molecule is Br.COc1ccc(-c2nnc3n2N=C(c2cccc(OC)c2)CS3)cc1. The molecule has 0 bridgehead atoms. The van der Waals surface area contributed by atoms with Gasteiger partial charge < -0.3 is 9.47 Å². The minimum Gasteiger partial charge on any atom is -0.497 e. The van der Waals surface area contributed by atoms with Crippen molar-refractivity contribution in [1.82, 2.24) is 14.9 Å². The Labute approximate surface area is 166 Å². The van der Waals surface area contributed by atoms with Gasteiger partial charge in [0.15, 0.2) is 5.82 Å². The molecule has 0 saturated carbocycles. The molecule has 4 rings (SSSR count). The molecular weight excluding hydrogens is 416 g/mol. The van der Waals surface area contributed by atoms with E-state index in [9.17, 15) is 0 Å². The number of ether oxygens (including phenoxy) is 2. The van der Waals surface area contributed by atoms with Crippen LogP contribution >= 0.6 is 28.7 Å². The molecule has 0 unspecified atom stereocenters. The molecule has 8 heteroatoms. The first-order valence-electron chi connectivity index (χ1n) is 7.73. The number of halogens is 1. The number of aromatic nitrogens is 3. The van der Waals surface area contributed by atoms with Crippen molar-refractivity contribution in [3.63, 3.8) is 0 Å². The Morgan fingerprint density at radius 1 is 0.923 bits per heavy atom. The second kappa shape index (κ2) is 7.92. The van der Waals surface area contributed by atoms with Crippen LogP contribution in [0.15, 0.2) is 58.8 Å². The second-order valence-electron chi connectivity index (χ2n) is 5.41. The Balaban J connectivity index is 0.00000196. The maximum absolute atomic E-state index is 5.31. The molecule has 0 saturated heterocycles. The summed E-state index contributed by atoms with van der Waals surface area (Å²) >= 11 is 1.62. The molecule has 6 nitrogen and oxygen atoms in total. The molecule has 0 spiro atoms. The van der Waals surface area contributed by atoms with E-state index in [4.69, 9.17) is 14.6 Å². The van der Waals surface area contributed by atoms with Crippen LogP contribution in [0, 0.1) is 0 Å². The third kappa shape index (κ3) is 3.47. The summed E-state index contributed by atoms with van der Waals surface area (Å²) in [5, 5.41) is 14.1. The Hall–Kier alpha value is -2.32. The van der Waals surface area contributed by atoms with Crippen LogP contribution in [0.5, 0.6) is 11.5 Å². The Morgan fingerprint density at radius 2 is 1.69 bits per heavy atom. The van der Waals surface area contributed by atoms with Gasteiger partial charge in [-0.25, -0.2) is 0 Å². The number of hydrogen-bond acceptors (Lipinski definition) is 6. The average Bonchev–Trinajstić information content (AvgIpc) is 3.11. The van der Waals surface area contributed by atoms with E-state index in [1.54, 1.807) is 30.7 Å². The van der Waals surface area contributed by atoms with E-state index < -0.39 is 0 Å². The maximum atomic E-state index is 5.31. The number of hydrogen-bond donors (Lipinski definition) is 0. The highest BCUT2D eigenvalue weighted by molar-refractivity contribution is 8.93. The highest BCUT2D eigenvalue weighted by Gasteiger charge is 2.21. The normalized spacial score (nSPS) is 12.6. The van der Waals surface area contributed by atoms with Crippen molar-refractivity contribution < 1.29 is 9.47 Å². The molecule has 0 N–H and O–H groups in total. The van der Waals surface area contributed by atoms with Gasteiger partial charge in [-0.2, -0.15) is 9.78 Å². The molecule has 26 heavy (non-hydrogen) atoms. The molecule has 1 aromatic heterocycles. The predicted molar refractivity (Wildman–Crippen MR) is 108 cm³/mol. The van der Waals surface area contributed by atoms with Gasteiger partial charge in [0, 0.05) is 16.9 Å². The Bertz CT molecular complexity index is 941. The first kappa shape index (κ1) is 18.5. The van der Waals surface area contributed by atoms with Crippen LogP contribution in [-0.4, -0.2) is 40.6 Å².